The summed E-state index contributed by atoms with van der Waals surface area (Å²) in [4.78, 5) is 25.2. The van der Waals surface area contributed by atoms with Crippen molar-refractivity contribution in [1.82, 2.24) is 0 Å². The number of methoxy groups -OCH3 is 1. The van der Waals surface area contributed by atoms with E-state index in [4.69, 9.17) is 14.2 Å². The number of hydrogen-bond acceptors (Lipinski definition) is 6. The van der Waals surface area contributed by atoms with Gasteiger partial charge in [-0.2, -0.15) is 5.26 Å². The van der Waals surface area contributed by atoms with E-state index in [2.05, 4.69) is 33.2 Å². The molecule has 0 aromatic heterocycles. The molecule has 9 heteroatoms. The zero-order valence-corrected chi connectivity index (χ0v) is 23.7. The van der Waals surface area contributed by atoms with E-state index in [1.54, 1.807) is 36.4 Å². The number of carbonyl (C=O) groups excluding carboxylic acids is 2. The van der Waals surface area contributed by atoms with Crippen LogP contribution in [0.5, 0.6) is 17.2 Å². The number of aryl methyl sites for hydroxylation is 2. The average Bonchev–Trinajstić information content (AvgIpc) is 2.89. The van der Waals surface area contributed by atoms with Crippen LogP contribution < -0.4 is 24.8 Å². The molecule has 3 aromatic rings. The Balaban J connectivity index is 1.72. The predicted molar refractivity (Wildman–Crippen MR) is 156 cm³/mol. The SMILES string of the molecule is CCOc1ccc(NC(=O)/C(C#N)=C/c2cc(I)c(OCC(=O)Nc3cc(C)ccc3C)c(OC)c2)cc1. The molecule has 0 aliphatic carbocycles. The van der Waals surface area contributed by atoms with Crippen molar-refractivity contribution in [3.63, 3.8) is 0 Å². The number of anilines is 2. The van der Waals surface area contributed by atoms with Crippen LogP contribution in [-0.4, -0.2) is 32.1 Å². The smallest absolute Gasteiger partial charge is 0.266 e. The van der Waals surface area contributed by atoms with Gasteiger partial charge in [0.1, 0.15) is 17.4 Å². The molecule has 0 spiro atoms. The summed E-state index contributed by atoms with van der Waals surface area (Å²) in [5.74, 6) is 0.589. The summed E-state index contributed by atoms with van der Waals surface area (Å²) < 4.78 is 17.3. The highest BCUT2D eigenvalue weighted by molar-refractivity contribution is 14.1. The number of carbonyl (C=O) groups is 2. The van der Waals surface area contributed by atoms with Crippen LogP contribution in [0.15, 0.2) is 60.2 Å². The molecule has 0 radical (unpaired) electrons. The minimum atomic E-state index is -0.547. The lowest BCUT2D eigenvalue weighted by Crippen LogP contribution is -2.21. The fourth-order valence-electron chi connectivity index (χ4n) is 3.47. The number of halogens is 1. The highest BCUT2D eigenvalue weighted by atomic mass is 127. The Morgan fingerprint density at radius 2 is 1.76 bits per heavy atom. The molecule has 196 valence electrons. The van der Waals surface area contributed by atoms with Crippen molar-refractivity contribution in [3.8, 4) is 23.3 Å². The third-order valence-electron chi connectivity index (χ3n) is 5.37. The molecule has 0 bridgehead atoms. The van der Waals surface area contributed by atoms with Gasteiger partial charge in [0.05, 0.1) is 17.3 Å². The number of ether oxygens (including phenoxy) is 3. The van der Waals surface area contributed by atoms with E-state index in [9.17, 15) is 14.9 Å². The molecule has 3 rings (SSSR count). The Morgan fingerprint density at radius 1 is 1.03 bits per heavy atom. The van der Waals surface area contributed by atoms with Gasteiger partial charge in [0.15, 0.2) is 18.1 Å². The van der Waals surface area contributed by atoms with Crippen molar-refractivity contribution >= 4 is 51.9 Å². The van der Waals surface area contributed by atoms with E-state index >= 15 is 0 Å². The number of nitrogens with one attached hydrogen (secondary N) is 2. The number of rotatable bonds is 10. The van der Waals surface area contributed by atoms with Crippen molar-refractivity contribution in [2.45, 2.75) is 20.8 Å². The Hall–Kier alpha value is -4.04. The molecule has 3 aromatic carbocycles. The van der Waals surface area contributed by atoms with E-state index in [-0.39, 0.29) is 18.1 Å². The van der Waals surface area contributed by atoms with E-state index in [1.165, 1.54) is 13.2 Å². The lowest BCUT2D eigenvalue weighted by Gasteiger charge is -2.14. The van der Waals surface area contributed by atoms with E-state index < -0.39 is 5.91 Å². The first-order valence-electron chi connectivity index (χ1n) is 11.8. The number of nitriles is 1. The molecular weight excluding hydrogens is 597 g/mol. The van der Waals surface area contributed by atoms with Gasteiger partial charge in [0.25, 0.3) is 11.8 Å². The molecule has 8 nitrogen and oxygen atoms in total. The fourth-order valence-corrected chi connectivity index (χ4v) is 4.25. The third-order valence-corrected chi connectivity index (χ3v) is 6.17. The maximum atomic E-state index is 12.7. The molecule has 0 unspecified atom stereocenters. The van der Waals surface area contributed by atoms with Crippen LogP contribution in [0.2, 0.25) is 0 Å². The summed E-state index contributed by atoms with van der Waals surface area (Å²) in [6, 6.07) is 18.0. The first-order valence-corrected chi connectivity index (χ1v) is 12.8. The van der Waals surface area contributed by atoms with Crippen molar-refractivity contribution < 1.29 is 23.8 Å². The number of amides is 2. The van der Waals surface area contributed by atoms with Gasteiger partial charge < -0.3 is 24.8 Å². The van der Waals surface area contributed by atoms with E-state index in [1.807, 2.05) is 45.0 Å². The van der Waals surface area contributed by atoms with E-state index in [0.29, 0.717) is 38.7 Å². The van der Waals surface area contributed by atoms with Crippen molar-refractivity contribution in [2.75, 3.05) is 31.0 Å². The van der Waals surface area contributed by atoms with Crippen LogP contribution >= 0.6 is 22.6 Å². The number of hydrogen-bond donors (Lipinski definition) is 2. The van der Waals surface area contributed by atoms with Crippen LogP contribution in [0.3, 0.4) is 0 Å². The first kappa shape index (κ1) is 28.5. The standard InChI is InChI=1S/C29H28IN3O5/c1-5-37-23-10-8-22(9-11-23)32-29(35)21(16-31)13-20-14-24(30)28(26(15-20)36-4)38-17-27(34)33-25-12-18(2)6-7-19(25)3/h6-15H,5,17H2,1-4H3,(H,32,35)(H,33,34)/b21-13+. The molecule has 2 amide bonds. The van der Waals surface area contributed by atoms with Crippen LogP contribution in [0.4, 0.5) is 11.4 Å². The van der Waals surface area contributed by atoms with Crippen LogP contribution in [0.25, 0.3) is 6.08 Å². The fraction of sp³-hybridized carbons (Fsp3) is 0.207. The molecule has 2 N–H and O–H groups in total. The maximum absolute atomic E-state index is 12.7. The summed E-state index contributed by atoms with van der Waals surface area (Å²) in [6.45, 7) is 6.08. The highest BCUT2D eigenvalue weighted by Gasteiger charge is 2.16. The van der Waals surface area contributed by atoms with Gasteiger partial charge in [-0.3, -0.25) is 9.59 Å². The topological polar surface area (TPSA) is 110 Å². The minimum absolute atomic E-state index is 0.0849. The Labute approximate surface area is 235 Å². The summed E-state index contributed by atoms with van der Waals surface area (Å²) in [5, 5.41) is 15.2. The van der Waals surface area contributed by atoms with E-state index in [0.717, 1.165) is 16.8 Å². The van der Waals surface area contributed by atoms with Crippen molar-refractivity contribution in [1.29, 1.82) is 5.26 Å². The Kier molecular flexibility index (Phi) is 10.1. The third kappa shape index (κ3) is 7.73. The zero-order valence-electron chi connectivity index (χ0n) is 21.6. The summed E-state index contributed by atoms with van der Waals surface area (Å²) in [7, 11) is 1.48. The minimum Gasteiger partial charge on any atom is -0.494 e. The van der Waals surface area contributed by atoms with Crippen LogP contribution in [0.1, 0.15) is 23.6 Å². The Morgan fingerprint density at radius 3 is 2.42 bits per heavy atom. The quantitative estimate of drug-likeness (QED) is 0.166. The molecule has 0 aliphatic heterocycles. The average molecular weight is 625 g/mol. The van der Waals surface area contributed by atoms with Gasteiger partial charge in [0, 0.05) is 11.4 Å². The zero-order chi connectivity index (χ0) is 27.7. The lowest BCUT2D eigenvalue weighted by atomic mass is 10.1. The highest BCUT2D eigenvalue weighted by Crippen LogP contribution is 2.35. The molecule has 38 heavy (non-hydrogen) atoms. The summed E-state index contributed by atoms with van der Waals surface area (Å²) in [5.41, 5.74) is 3.74. The van der Waals surface area contributed by atoms with Gasteiger partial charge in [-0.15, -0.1) is 0 Å². The normalized spacial score (nSPS) is 10.8. The van der Waals surface area contributed by atoms with Gasteiger partial charge in [0.2, 0.25) is 0 Å². The molecular formula is C29H28IN3O5. The monoisotopic (exact) mass is 625 g/mol. The van der Waals surface area contributed by atoms with Crippen LogP contribution in [0, 0.1) is 28.7 Å². The number of nitrogens with zero attached hydrogens (tertiary/aromatic N) is 1. The molecule has 0 fully saturated rings. The van der Waals surface area contributed by atoms with Gasteiger partial charge in [-0.05, 0) is 109 Å². The number of benzene rings is 3. The largest absolute Gasteiger partial charge is 0.494 e. The maximum Gasteiger partial charge on any atom is 0.266 e. The Bertz CT molecular complexity index is 1390. The second-order valence-electron chi connectivity index (χ2n) is 8.27. The molecule has 0 heterocycles. The second-order valence-corrected chi connectivity index (χ2v) is 9.43. The van der Waals surface area contributed by atoms with Gasteiger partial charge in [-0.25, -0.2) is 0 Å². The van der Waals surface area contributed by atoms with Crippen molar-refractivity contribution in [3.05, 3.63) is 80.4 Å². The molecule has 0 saturated heterocycles. The molecule has 0 atom stereocenters. The molecule has 0 saturated carbocycles. The van der Waals surface area contributed by atoms with Gasteiger partial charge in [-0.1, -0.05) is 12.1 Å². The summed E-state index contributed by atoms with van der Waals surface area (Å²) >= 11 is 2.06. The first-order chi connectivity index (χ1) is 18.2. The van der Waals surface area contributed by atoms with Gasteiger partial charge >= 0.3 is 0 Å². The predicted octanol–water partition coefficient (Wildman–Crippen LogP) is 5.88. The van der Waals surface area contributed by atoms with Crippen molar-refractivity contribution in [2.24, 2.45) is 0 Å². The second kappa shape index (κ2) is 13.5. The van der Waals surface area contributed by atoms with Crippen LogP contribution in [-0.2, 0) is 9.59 Å². The molecule has 0 aliphatic rings. The lowest BCUT2D eigenvalue weighted by molar-refractivity contribution is -0.118. The summed E-state index contributed by atoms with van der Waals surface area (Å²) in [6.07, 6.45) is 1.46.